The summed E-state index contributed by atoms with van der Waals surface area (Å²) in [4.78, 5) is 2.80. The Balaban J connectivity index is 1.78. The van der Waals surface area contributed by atoms with E-state index in [4.69, 9.17) is 0 Å². The van der Waals surface area contributed by atoms with Crippen molar-refractivity contribution in [2.24, 2.45) is 0 Å². The molecule has 18 heavy (non-hydrogen) atoms. The number of nitrogens with one attached hydrogen (secondary N) is 1. The molecule has 3 heteroatoms. The molecule has 0 bridgehead atoms. The van der Waals surface area contributed by atoms with Gasteiger partial charge in [0.25, 0.3) is 0 Å². The zero-order chi connectivity index (χ0) is 13.0. The molecule has 1 saturated carbocycles. The van der Waals surface area contributed by atoms with E-state index in [-0.39, 0.29) is 0 Å². The second kappa shape index (κ2) is 7.16. The summed E-state index contributed by atoms with van der Waals surface area (Å²) >= 11 is 2.15. The van der Waals surface area contributed by atoms with Gasteiger partial charge in [-0.2, -0.15) is 11.8 Å². The topological polar surface area (TPSA) is 15.3 Å². The lowest BCUT2D eigenvalue weighted by Crippen LogP contribution is -2.52. The fraction of sp³-hybridized carbons (Fsp3) is 1.00. The Labute approximate surface area is 117 Å². The van der Waals surface area contributed by atoms with Gasteiger partial charge in [-0.3, -0.25) is 4.90 Å². The van der Waals surface area contributed by atoms with Gasteiger partial charge >= 0.3 is 0 Å². The second-order valence-corrected chi connectivity index (χ2v) is 7.50. The van der Waals surface area contributed by atoms with E-state index in [2.05, 4.69) is 42.7 Å². The number of hydrogen-bond acceptors (Lipinski definition) is 3. The normalized spacial score (nSPS) is 38.8. The van der Waals surface area contributed by atoms with E-state index in [1.54, 1.807) is 0 Å². The number of nitrogens with zero attached hydrogens (tertiary/aromatic N) is 1. The monoisotopic (exact) mass is 270 g/mol. The van der Waals surface area contributed by atoms with Crippen LogP contribution in [-0.2, 0) is 0 Å². The fourth-order valence-corrected chi connectivity index (χ4v) is 4.55. The first kappa shape index (κ1) is 14.7. The molecule has 0 radical (unpaired) electrons. The van der Waals surface area contributed by atoms with E-state index in [9.17, 15) is 0 Å². The second-order valence-electron chi connectivity index (χ2n) is 6.01. The molecule has 2 rings (SSSR count). The van der Waals surface area contributed by atoms with E-state index in [0.717, 1.165) is 23.4 Å². The summed E-state index contributed by atoms with van der Waals surface area (Å²) < 4.78 is 0. The highest BCUT2D eigenvalue weighted by atomic mass is 32.2. The van der Waals surface area contributed by atoms with Crippen LogP contribution in [-0.4, -0.2) is 47.1 Å². The molecular weight excluding hydrogens is 240 g/mol. The molecule has 0 aromatic rings. The molecule has 2 nitrogen and oxygen atoms in total. The summed E-state index contributed by atoms with van der Waals surface area (Å²) in [5.74, 6) is 1.33. The van der Waals surface area contributed by atoms with E-state index in [1.807, 2.05) is 0 Å². The Bertz CT molecular complexity index is 239. The van der Waals surface area contributed by atoms with Crippen LogP contribution in [0.1, 0.15) is 52.9 Å². The van der Waals surface area contributed by atoms with Gasteiger partial charge < -0.3 is 5.32 Å². The Morgan fingerprint density at radius 2 is 1.89 bits per heavy atom. The Morgan fingerprint density at radius 3 is 2.56 bits per heavy atom. The van der Waals surface area contributed by atoms with Crippen molar-refractivity contribution < 1.29 is 0 Å². The van der Waals surface area contributed by atoms with E-state index in [0.29, 0.717) is 0 Å². The number of rotatable bonds is 4. The first-order valence-corrected chi connectivity index (χ1v) is 8.88. The highest BCUT2D eigenvalue weighted by Crippen LogP contribution is 2.31. The molecule has 0 amide bonds. The maximum absolute atomic E-state index is 3.69. The van der Waals surface area contributed by atoms with Crippen molar-refractivity contribution >= 4 is 11.8 Å². The van der Waals surface area contributed by atoms with Gasteiger partial charge in [-0.1, -0.05) is 13.8 Å². The Hall–Kier alpha value is 0.270. The molecule has 1 N–H and O–H groups in total. The van der Waals surface area contributed by atoms with Gasteiger partial charge in [0.05, 0.1) is 0 Å². The minimum Gasteiger partial charge on any atom is -0.314 e. The van der Waals surface area contributed by atoms with Crippen LogP contribution in [0.5, 0.6) is 0 Å². The van der Waals surface area contributed by atoms with Gasteiger partial charge in [-0.15, -0.1) is 0 Å². The number of hydrogen-bond donors (Lipinski definition) is 1. The molecule has 2 atom stereocenters. The minimum absolute atomic E-state index is 0.772. The summed E-state index contributed by atoms with van der Waals surface area (Å²) in [6, 6.07) is 2.44. The van der Waals surface area contributed by atoms with Gasteiger partial charge in [0, 0.05) is 35.7 Å². The van der Waals surface area contributed by atoms with Crippen molar-refractivity contribution in [2.75, 3.05) is 18.8 Å². The van der Waals surface area contributed by atoms with Crippen LogP contribution in [0.15, 0.2) is 0 Å². The highest BCUT2D eigenvalue weighted by molar-refractivity contribution is 8.00. The lowest BCUT2D eigenvalue weighted by Gasteiger charge is -2.45. The lowest BCUT2D eigenvalue weighted by atomic mass is 9.89. The van der Waals surface area contributed by atoms with E-state index < -0.39 is 0 Å². The van der Waals surface area contributed by atoms with Gasteiger partial charge in [0.15, 0.2) is 0 Å². The molecule has 1 aliphatic heterocycles. The fourth-order valence-electron chi connectivity index (χ4n) is 3.43. The smallest absolute Gasteiger partial charge is 0.0187 e. The highest BCUT2D eigenvalue weighted by Gasteiger charge is 2.32. The molecule has 0 aromatic heterocycles. The molecule has 0 spiro atoms. The molecule has 0 aromatic carbocycles. The average molecular weight is 270 g/mol. The van der Waals surface area contributed by atoms with Crippen molar-refractivity contribution in [2.45, 2.75) is 76.3 Å². The molecule has 1 saturated heterocycles. The van der Waals surface area contributed by atoms with Crippen LogP contribution < -0.4 is 5.32 Å². The summed E-state index contributed by atoms with van der Waals surface area (Å²) in [7, 11) is 0. The third-order valence-electron chi connectivity index (χ3n) is 4.78. The molecule has 2 fully saturated rings. The molecule has 2 unspecified atom stereocenters. The summed E-state index contributed by atoms with van der Waals surface area (Å²) in [5.41, 5.74) is 0. The Morgan fingerprint density at radius 1 is 1.17 bits per heavy atom. The van der Waals surface area contributed by atoms with E-state index >= 15 is 0 Å². The van der Waals surface area contributed by atoms with Crippen LogP contribution in [0.4, 0.5) is 0 Å². The third kappa shape index (κ3) is 3.64. The molecule has 2 aliphatic rings. The van der Waals surface area contributed by atoms with Crippen LogP contribution in [0.2, 0.25) is 0 Å². The standard InChI is InChI=1S/C15H30N2S/c1-4-9-16-14-5-7-15(8-6-14)17-10-11-18-13(3)12(17)2/h12-16H,4-11H2,1-3H3. The summed E-state index contributed by atoms with van der Waals surface area (Å²) in [6.07, 6.45) is 6.84. The zero-order valence-electron chi connectivity index (χ0n) is 12.3. The van der Waals surface area contributed by atoms with Crippen molar-refractivity contribution in [3.05, 3.63) is 0 Å². The van der Waals surface area contributed by atoms with E-state index in [1.165, 1.54) is 50.9 Å². The van der Waals surface area contributed by atoms with Gasteiger partial charge in [-0.25, -0.2) is 0 Å². The first-order valence-electron chi connectivity index (χ1n) is 7.83. The largest absolute Gasteiger partial charge is 0.314 e. The molecule has 106 valence electrons. The molecule has 1 aliphatic carbocycles. The minimum atomic E-state index is 0.772. The van der Waals surface area contributed by atoms with Crippen LogP contribution in [0.3, 0.4) is 0 Å². The van der Waals surface area contributed by atoms with Crippen molar-refractivity contribution in [1.29, 1.82) is 0 Å². The maximum Gasteiger partial charge on any atom is 0.0187 e. The van der Waals surface area contributed by atoms with Crippen LogP contribution in [0, 0.1) is 0 Å². The predicted octanol–water partition coefficient (Wildman–Crippen LogP) is 3.12. The molecule has 1 heterocycles. The zero-order valence-corrected chi connectivity index (χ0v) is 13.1. The first-order chi connectivity index (χ1) is 8.72. The van der Waals surface area contributed by atoms with Crippen molar-refractivity contribution in [3.63, 3.8) is 0 Å². The third-order valence-corrected chi connectivity index (χ3v) is 6.12. The van der Waals surface area contributed by atoms with Gasteiger partial charge in [0.1, 0.15) is 0 Å². The van der Waals surface area contributed by atoms with Gasteiger partial charge in [-0.05, 0) is 45.6 Å². The SMILES string of the molecule is CCCNC1CCC(N2CCSC(C)C2C)CC1. The predicted molar refractivity (Wildman–Crippen MR) is 82.4 cm³/mol. The maximum atomic E-state index is 3.69. The lowest BCUT2D eigenvalue weighted by molar-refractivity contribution is 0.107. The Kier molecular flexibility index (Phi) is 5.84. The number of thioether (sulfide) groups is 1. The summed E-state index contributed by atoms with van der Waals surface area (Å²) in [6.45, 7) is 9.60. The molecular formula is C15H30N2S. The van der Waals surface area contributed by atoms with Gasteiger partial charge in [0.2, 0.25) is 0 Å². The van der Waals surface area contributed by atoms with Crippen molar-refractivity contribution in [3.8, 4) is 0 Å². The van der Waals surface area contributed by atoms with Crippen LogP contribution in [0.25, 0.3) is 0 Å². The van der Waals surface area contributed by atoms with Crippen LogP contribution >= 0.6 is 11.8 Å². The summed E-state index contributed by atoms with van der Waals surface area (Å²) in [5, 5.41) is 4.51. The average Bonchev–Trinajstić information content (AvgIpc) is 2.40. The van der Waals surface area contributed by atoms with Crippen molar-refractivity contribution in [1.82, 2.24) is 10.2 Å². The quantitative estimate of drug-likeness (QED) is 0.845.